The third kappa shape index (κ3) is 2.46. The summed E-state index contributed by atoms with van der Waals surface area (Å²) in [4.78, 5) is 12.6. The van der Waals surface area contributed by atoms with Gasteiger partial charge in [0, 0.05) is 10.7 Å². The summed E-state index contributed by atoms with van der Waals surface area (Å²) in [6, 6.07) is 7.33. The summed E-state index contributed by atoms with van der Waals surface area (Å²) in [6.45, 7) is 1.11. The summed E-state index contributed by atoms with van der Waals surface area (Å²) in [5, 5.41) is 9.47. The van der Waals surface area contributed by atoms with Gasteiger partial charge < -0.3 is 14.7 Å². The Hall–Kier alpha value is -1.26. The molecule has 0 aromatic heterocycles. The smallest absolute Gasteiger partial charge is 0.323 e. The third-order valence-corrected chi connectivity index (χ3v) is 2.74. The van der Waals surface area contributed by atoms with Gasteiger partial charge in [-0.3, -0.25) is 4.79 Å². The van der Waals surface area contributed by atoms with E-state index < -0.39 is 5.97 Å². The molecular weight excluding hydrogens is 230 g/mol. The van der Waals surface area contributed by atoms with E-state index in [2.05, 4.69) is 0 Å². The first-order valence-electron chi connectivity index (χ1n) is 4.98. The molecule has 1 aromatic rings. The van der Waals surface area contributed by atoms with E-state index in [0.717, 1.165) is 5.69 Å². The molecule has 0 atom stereocenters. The molecule has 1 N–H and O–H groups in total. The first-order valence-corrected chi connectivity index (χ1v) is 5.36. The van der Waals surface area contributed by atoms with Gasteiger partial charge in [-0.1, -0.05) is 17.7 Å². The van der Waals surface area contributed by atoms with E-state index in [1.807, 2.05) is 12.1 Å². The molecule has 0 radical (unpaired) electrons. The van der Waals surface area contributed by atoms with Gasteiger partial charge in [-0.05, 0) is 18.2 Å². The molecule has 0 saturated carbocycles. The normalized spacial score (nSPS) is 15.6. The van der Waals surface area contributed by atoms with Crippen molar-refractivity contribution in [2.75, 3.05) is 24.7 Å². The molecule has 1 heterocycles. The van der Waals surface area contributed by atoms with Crippen LogP contribution in [-0.2, 0) is 9.53 Å². The molecular formula is C11H12ClNO3. The average molecular weight is 242 g/mol. The highest BCUT2D eigenvalue weighted by Gasteiger charge is 2.27. The van der Waals surface area contributed by atoms with Gasteiger partial charge in [0.25, 0.3) is 0 Å². The van der Waals surface area contributed by atoms with Gasteiger partial charge in [-0.2, -0.15) is 0 Å². The van der Waals surface area contributed by atoms with Crippen molar-refractivity contribution < 1.29 is 14.6 Å². The standard InChI is InChI=1S/C11H12ClNO3/c12-8-2-1-3-9(4-8)13(5-11(14)15)10-6-16-7-10/h1-4,10H,5-7H2,(H,14,15). The molecule has 1 aliphatic heterocycles. The Kier molecular flexibility index (Phi) is 3.31. The van der Waals surface area contributed by atoms with Gasteiger partial charge in [0.2, 0.25) is 0 Å². The summed E-state index contributed by atoms with van der Waals surface area (Å²) >= 11 is 5.89. The fraction of sp³-hybridized carbons (Fsp3) is 0.364. The number of halogens is 1. The Morgan fingerprint density at radius 3 is 2.81 bits per heavy atom. The summed E-state index contributed by atoms with van der Waals surface area (Å²) < 4.78 is 5.08. The van der Waals surface area contributed by atoms with Crippen LogP contribution in [0.4, 0.5) is 5.69 Å². The van der Waals surface area contributed by atoms with Crippen molar-refractivity contribution in [1.29, 1.82) is 0 Å². The molecule has 5 heteroatoms. The van der Waals surface area contributed by atoms with Crippen LogP contribution in [0.3, 0.4) is 0 Å². The maximum absolute atomic E-state index is 10.8. The van der Waals surface area contributed by atoms with Crippen molar-refractivity contribution in [3.63, 3.8) is 0 Å². The highest BCUT2D eigenvalue weighted by molar-refractivity contribution is 6.30. The lowest BCUT2D eigenvalue weighted by Gasteiger charge is -2.37. The third-order valence-electron chi connectivity index (χ3n) is 2.51. The molecule has 1 fully saturated rings. The van der Waals surface area contributed by atoms with Crippen molar-refractivity contribution in [3.05, 3.63) is 29.3 Å². The second kappa shape index (κ2) is 4.72. The molecule has 16 heavy (non-hydrogen) atoms. The minimum atomic E-state index is -0.855. The Morgan fingerprint density at radius 1 is 1.56 bits per heavy atom. The maximum Gasteiger partial charge on any atom is 0.323 e. The van der Waals surface area contributed by atoms with Crippen LogP contribution < -0.4 is 4.90 Å². The largest absolute Gasteiger partial charge is 0.480 e. The SMILES string of the molecule is O=C(O)CN(c1cccc(Cl)c1)C1COC1. The van der Waals surface area contributed by atoms with Gasteiger partial charge >= 0.3 is 5.97 Å². The van der Waals surface area contributed by atoms with E-state index in [0.29, 0.717) is 18.2 Å². The molecule has 0 aliphatic carbocycles. The fourth-order valence-electron chi connectivity index (χ4n) is 1.63. The molecule has 0 bridgehead atoms. The Bertz CT molecular complexity index is 393. The number of hydrogen-bond donors (Lipinski definition) is 1. The number of hydrogen-bond acceptors (Lipinski definition) is 3. The van der Waals surface area contributed by atoms with Crippen LogP contribution >= 0.6 is 11.6 Å². The van der Waals surface area contributed by atoms with Crippen LogP contribution in [0.25, 0.3) is 0 Å². The van der Waals surface area contributed by atoms with Crippen LogP contribution in [0.2, 0.25) is 5.02 Å². The van der Waals surface area contributed by atoms with Crippen molar-refractivity contribution in [2.24, 2.45) is 0 Å². The molecule has 1 saturated heterocycles. The molecule has 0 spiro atoms. The minimum Gasteiger partial charge on any atom is -0.480 e. The zero-order valence-corrected chi connectivity index (χ0v) is 9.35. The topological polar surface area (TPSA) is 49.8 Å². The minimum absolute atomic E-state index is 0.0334. The van der Waals surface area contributed by atoms with Crippen molar-refractivity contribution in [3.8, 4) is 0 Å². The molecule has 1 aromatic carbocycles. The fourth-order valence-corrected chi connectivity index (χ4v) is 1.82. The van der Waals surface area contributed by atoms with Crippen LogP contribution in [0.1, 0.15) is 0 Å². The van der Waals surface area contributed by atoms with Gasteiger partial charge in [0.05, 0.1) is 19.3 Å². The average Bonchev–Trinajstić information content (AvgIpc) is 2.13. The number of nitrogens with zero attached hydrogens (tertiary/aromatic N) is 1. The van der Waals surface area contributed by atoms with Crippen molar-refractivity contribution in [2.45, 2.75) is 6.04 Å². The van der Waals surface area contributed by atoms with Gasteiger partial charge in [0.1, 0.15) is 6.54 Å². The molecule has 4 nitrogen and oxygen atoms in total. The van der Waals surface area contributed by atoms with E-state index >= 15 is 0 Å². The zero-order chi connectivity index (χ0) is 11.5. The van der Waals surface area contributed by atoms with E-state index in [4.69, 9.17) is 21.4 Å². The summed E-state index contributed by atoms with van der Waals surface area (Å²) in [6.07, 6.45) is 0. The van der Waals surface area contributed by atoms with Crippen LogP contribution in [-0.4, -0.2) is 36.9 Å². The lowest BCUT2D eigenvalue weighted by molar-refractivity contribution is -0.135. The van der Waals surface area contributed by atoms with Crippen LogP contribution in [0, 0.1) is 0 Å². The maximum atomic E-state index is 10.8. The zero-order valence-electron chi connectivity index (χ0n) is 8.60. The molecule has 86 valence electrons. The van der Waals surface area contributed by atoms with Gasteiger partial charge in [-0.25, -0.2) is 0 Å². The molecule has 0 amide bonds. The Balaban J connectivity index is 2.19. The predicted molar refractivity (Wildman–Crippen MR) is 61.0 cm³/mol. The predicted octanol–water partition coefficient (Wildman–Crippen LogP) is 1.63. The number of benzene rings is 1. The summed E-state index contributed by atoms with van der Waals surface area (Å²) in [5.41, 5.74) is 0.822. The number of ether oxygens (including phenoxy) is 1. The number of carboxylic acids is 1. The van der Waals surface area contributed by atoms with Crippen LogP contribution in [0.5, 0.6) is 0 Å². The molecule has 1 aliphatic rings. The molecule has 2 rings (SSSR count). The van der Waals surface area contributed by atoms with Crippen LogP contribution in [0.15, 0.2) is 24.3 Å². The van der Waals surface area contributed by atoms with Gasteiger partial charge in [0.15, 0.2) is 0 Å². The first-order chi connectivity index (χ1) is 7.66. The second-order valence-electron chi connectivity index (χ2n) is 3.69. The quantitative estimate of drug-likeness (QED) is 0.871. The van der Waals surface area contributed by atoms with E-state index in [1.54, 1.807) is 17.0 Å². The van der Waals surface area contributed by atoms with E-state index in [-0.39, 0.29) is 12.6 Å². The van der Waals surface area contributed by atoms with Gasteiger partial charge in [-0.15, -0.1) is 0 Å². The second-order valence-corrected chi connectivity index (χ2v) is 4.13. The Labute approximate surface area is 98.4 Å². The first kappa shape index (κ1) is 11.2. The summed E-state index contributed by atoms with van der Waals surface area (Å²) in [5.74, 6) is -0.855. The summed E-state index contributed by atoms with van der Waals surface area (Å²) in [7, 11) is 0. The Morgan fingerprint density at radius 2 is 2.31 bits per heavy atom. The molecule has 0 unspecified atom stereocenters. The highest BCUT2D eigenvalue weighted by Crippen LogP contribution is 2.23. The lowest BCUT2D eigenvalue weighted by Crippen LogP contribution is -2.51. The lowest BCUT2D eigenvalue weighted by atomic mass is 10.1. The number of carboxylic acid groups (broad SMARTS) is 1. The van der Waals surface area contributed by atoms with Crippen molar-refractivity contribution >= 4 is 23.3 Å². The monoisotopic (exact) mass is 241 g/mol. The number of aliphatic carboxylic acids is 1. The number of anilines is 1. The van der Waals surface area contributed by atoms with E-state index in [9.17, 15) is 4.79 Å². The van der Waals surface area contributed by atoms with E-state index in [1.165, 1.54) is 0 Å². The number of rotatable bonds is 4. The van der Waals surface area contributed by atoms with Crippen molar-refractivity contribution in [1.82, 2.24) is 0 Å². The highest BCUT2D eigenvalue weighted by atomic mass is 35.5. The number of carbonyl (C=O) groups is 1.